The lowest BCUT2D eigenvalue weighted by Gasteiger charge is -2.35. The average Bonchev–Trinajstić information content (AvgIpc) is 2.54. The molecule has 0 amide bonds. The normalized spacial score (nSPS) is 25.5. The van der Waals surface area contributed by atoms with Crippen molar-refractivity contribution in [1.82, 2.24) is 0 Å². The number of aryl methyl sites for hydroxylation is 1. The van der Waals surface area contributed by atoms with Crippen molar-refractivity contribution in [2.75, 3.05) is 0 Å². The first kappa shape index (κ1) is 16.1. The molecule has 0 bridgehead atoms. The van der Waals surface area contributed by atoms with Crippen LogP contribution in [0.2, 0.25) is 0 Å². The third kappa shape index (κ3) is 4.10. The summed E-state index contributed by atoms with van der Waals surface area (Å²) in [5.41, 5.74) is 2.93. The van der Waals surface area contributed by atoms with Crippen LogP contribution in [0.25, 0.3) is 0 Å². The van der Waals surface area contributed by atoms with Gasteiger partial charge in [0, 0.05) is 0 Å². The Bertz CT molecular complexity index is 458. The second-order valence-electron chi connectivity index (χ2n) is 6.76. The third-order valence-corrected chi connectivity index (χ3v) is 5.18. The van der Waals surface area contributed by atoms with Gasteiger partial charge in [-0.3, -0.25) is 0 Å². The Kier molecular flexibility index (Phi) is 5.85. The molecule has 1 fully saturated rings. The third-order valence-electron chi connectivity index (χ3n) is 5.18. The molecule has 0 aliphatic heterocycles. The summed E-state index contributed by atoms with van der Waals surface area (Å²) in [5.74, 6) is 0.670. The van der Waals surface area contributed by atoms with Gasteiger partial charge in [-0.2, -0.15) is 5.26 Å². The van der Waals surface area contributed by atoms with Crippen molar-refractivity contribution < 1.29 is 0 Å². The highest BCUT2D eigenvalue weighted by molar-refractivity contribution is 5.26. The molecule has 114 valence electrons. The van der Waals surface area contributed by atoms with E-state index in [1.165, 1.54) is 43.2 Å². The number of nitrogens with zero attached hydrogens (tertiary/aromatic N) is 1. The van der Waals surface area contributed by atoms with Crippen molar-refractivity contribution in [3.63, 3.8) is 0 Å². The minimum Gasteiger partial charge on any atom is -0.198 e. The maximum absolute atomic E-state index is 9.50. The summed E-state index contributed by atoms with van der Waals surface area (Å²) in [6, 6.07) is 11.9. The fraction of sp³-hybridized carbons (Fsp3) is 0.650. The minimum atomic E-state index is -0.0215. The zero-order chi connectivity index (χ0) is 15.1. The van der Waals surface area contributed by atoms with Crippen LogP contribution in [0.5, 0.6) is 0 Å². The molecule has 1 heteroatoms. The van der Waals surface area contributed by atoms with Gasteiger partial charge in [0.25, 0.3) is 0 Å². The van der Waals surface area contributed by atoms with Crippen molar-refractivity contribution in [3.05, 3.63) is 35.4 Å². The van der Waals surface area contributed by atoms with Gasteiger partial charge in [-0.25, -0.2) is 0 Å². The summed E-state index contributed by atoms with van der Waals surface area (Å²) >= 11 is 0. The quantitative estimate of drug-likeness (QED) is 0.628. The molecule has 1 saturated carbocycles. The lowest BCUT2D eigenvalue weighted by Crippen LogP contribution is -2.25. The predicted molar refractivity (Wildman–Crippen MR) is 89.2 cm³/mol. The molecule has 0 saturated heterocycles. The fourth-order valence-corrected chi connectivity index (χ4v) is 3.74. The molecule has 21 heavy (non-hydrogen) atoms. The second-order valence-corrected chi connectivity index (χ2v) is 6.76. The van der Waals surface area contributed by atoms with Gasteiger partial charge in [0.1, 0.15) is 0 Å². The van der Waals surface area contributed by atoms with Crippen LogP contribution in [0.15, 0.2) is 24.3 Å². The van der Waals surface area contributed by atoms with E-state index in [0.29, 0.717) is 5.92 Å². The van der Waals surface area contributed by atoms with Gasteiger partial charge in [-0.15, -0.1) is 0 Å². The molecule has 2 rings (SSSR count). The summed E-state index contributed by atoms with van der Waals surface area (Å²) < 4.78 is 0. The Morgan fingerprint density at radius 1 is 1.10 bits per heavy atom. The van der Waals surface area contributed by atoms with Crippen molar-refractivity contribution >= 4 is 0 Å². The highest BCUT2D eigenvalue weighted by Crippen LogP contribution is 2.45. The van der Waals surface area contributed by atoms with Gasteiger partial charge in [0.15, 0.2) is 0 Å². The molecule has 0 N–H and O–H groups in total. The summed E-state index contributed by atoms with van der Waals surface area (Å²) in [5, 5.41) is 9.50. The summed E-state index contributed by atoms with van der Waals surface area (Å²) in [4.78, 5) is 0. The number of nitriles is 1. The Hall–Kier alpha value is -1.29. The van der Waals surface area contributed by atoms with E-state index >= 15 is 0 Å². The van der Waals surface area contributed by atoms with Crippen LogP contribution in [0.4, 0.5) is 0 Å². The molecule has 0 unspecified atom stereocenters. The predicted octanol–water partition coefficient (Wildman–Crippen LogP) is 6.00. The highest BCUT2D eigenvalue weighted by atomic mass is 14.4. The Morgan fingerprint density at radius 2 is 1.76 bits per heavy atom. The van der Waals surface area contributed by atoms with E-state index in [-0.39, 0.29) is 5.41 Å². The van der Waals surface area contributed by atoms with Gasteiger partial charge in [-0.1, -0.05) is 51.0 Å². The lowest BCUT2D eigenvalue weighted by atomic mass is 9.68. The maximum atomic E-state index is 9.50. The monoisotopic (exact) mass is 283 g/mol. The number of benzene rings is 1. The summed E-state index contributed by atoms with van der Waals surface area (Å²) in [6.07, 6.45) is 10.5. The van der Waals surface area contributed by atoms with E-state index < -0.39 is 0 Å². The number of hydrogen-bond donors (Lipinski definition) is 0. The molecule has 0 heterocycles. The van der Waals surface area contributed by atoms with E-state index in [0.717, 1.165) is 25.7 Å². The highest BCUT2D eigenvalue weighted by Gasteiger charge is 2.34. The van der Waals surface area contributed by atoms with Crippen molar-refractivity contribution in [1.29, 1.82) is 5.26 Å². The van der Waals surface area contributed by atoms with Crippen LogP contribution >= 0.6 is 0 Å². The molecular weight excluding hydrogens is 254 g/mol. The number of rotatable bonds is 6. The van der Waals surface area contributed by atoms with E-state index in [1.807, 2.05) is 0 Å². The Labute approximate surface area is 130 Å². The van der Waals surface area contributed by atoms with Crippen LogP contribution in [-0.2, 0) is 6.42 Å². The van der Waals surface area contributed by atoms with Crippen LogP contribution < -0.4 is 0 Å². The van der Waals surface area contributed by atoms with E-state index in [2.05, 4.69) is 44.2 Å². The molecule has 1 aliphatic rings. The zero-order valence-corrected chi connectivity index (χ0v) is 13.7. The van der Waals surface area contributed by atoms with Crippen LogP contribution in [-0.4, -0.2) is 0 Å². The van der Waals surface area contributed by atoms with Crippen molar-refractivity contribution in [2.45, 2.75) is 77.6 Å². The first-order valence-corrected chi connectivity index (χ1v) is 8.73. The van der Waals surface area contributed by atoms with Gasteiger partial charge in [0.05, 0.1) is 11.5 Å². The first-order valence-electron chi connectivity index (χ1n) is 8.73. The van der Waals surface area contributed by atoms with Crippen molar-refractivity contribution in [2.24, 2.45) is 5.41 Å². The largest absolute Gasteiger partial charge is 0.198 e. The minimum absolute atomic E-state index is 0.0215. The molecule has 0 spiro atoms. The molecular formula is C20H29N. The van der Waals surface area contributed by atoms with Crippen LogP contribution in [0.3, 0.4) is 0 Å². The molecule has 1 aliphatic carbocycles. The average molecular weight is 283 g/mol. The fourth-order valence-electron chi connectivity index (χ4n) is 3.74. The molecule has 1 nitrogen and oxygen atoms in total. The SMILES string of the molecule is CCCCc1ccc(C2CCC(C#N)(CCC)CC2)cc1. The number of hydrogen-bond acceptors (Lipinski definition) is 1. The molecule has 1 aromatic carbocycles. The Morgan fingerprint density at radius 3 is 2.29 bits per heavy atom. The molecule has 0 radical (unpaired) electrons. The lowest BCUT2D eigenvalue weighted by molar-refractivity contribution is 0.228. The molecule has 0 aromatic heterocycles. The second kappa shape index (κ2) is 7.64. The smallest absolute Gasteiger partial charge is 0.0689 e. The maximum Gasteiger partial charge on any atom is 0.0689 e. The van der Waals surface area contributed by atoms with Crippen LogP contribution in [0, 0.1) is 16.7 Å². The topological polar surface area (TPSA) is 23.8 Å². The van der Waals surface area contributed by atoms with Gasteiger partial charge < -0.3 is 0 Å². The zero-order valence-electron chi connectivity index (χ0n) is 13.7. The van der Waals surface area contributed by atoms with E-state index in [1.54, 1.807) is 0 Å². The molecule has 1 aromatic rings. The summed E-state index contributed by atoms with van der Waals surface area (Å²) in [7, 11) is 0. The summed E-state index contributed by atoms with van der Waals surface area (Å²) in [6.45, 7) is 4.44. The van der Waals surface area contributed by atoms with Crippen LogP contribution in [0.1, 0.15) is 82.3 Å². The van der Waals surface area contributed by atoms with Gasteiger partial charge >= 0.3 is 0 Å². The molecule has 0 atom stereocenters. The van der Waals surface area contributed by atoms with E-state index in [4.69, 9.17) is 0 Å². The number of unbranched alkanes of at least 4 members (excludes halogenated alkanes) is 1. The van der Waals surface area contributed by atoms with E-state index in [9.17, 15) is 5.26 Å². The standard InChI is InChI=1S/C20H29N/c1-3-5-6-17-7-9-18(10-8-17)19-11-14-20(16-21,13-4-2)15-12-19/h7-10,19H,3-6,11-15H2,1-2H3. The van der Waals surface area contributed by atoms with Gasteiger partial charge in [0.2, 0.25) is 0 Å². The van der Waals surface area contributed by atoms with Crippen molar-refractivity contribution in [3.8, 4) is 6.07 Å². The van der Waals surface area contributed by atoms with Gasteiger partial charge in [-0.05, 0) is 62.0 Å². The first-order chi connectivity index (χ1) is 10.2. The Balaban J connectivity index is 1.94.